The molecule has 1 aromatic heterocycles. The van der Waals surface area contributed by atoms with Crippen molar-refractivity contribution in [1.29, 1.82) is 0 Å². The van der Waals surface area contributed by atoms with Gasteiger partial charge in [0.15, 0.2) is 0 Å². The number of morpholine rings is 1. The fourth-order valence-corrected chi connectivity index (χ4v) is 3.09. The molecule has 4 nitrogen and oxygen atoms in total. The van der Waals surface area contributed by atoms with E-state index < -0.39 is 0 Å². The van der Waals surface area contributed by atoms with E-state index >= 15 is 0 Å². The van der Waals surface area contributed by atoms with Gasteiger partial charge in [0.1, 0.15) is 0 Å². The molecule has 0 atom stereocenters. The first kappa shape index (κ1) is 13.0. The molecule has 0 amide bonds. The second-order valence-electron chi connectivity index (χ2n) is 5.45. The summed E-state index contributed by atoms with van der Waals surface area (Å²) < 4.78 is 5.43. The van der Waals surface area contributed by atoms with Crippen molar-refractivity contribution in [3.8, 4) is 0 Å². The van der Waals surface area contributed by atoms with Crippen molar-refractivity contribution >= 4 is 0 Å². The largest absolute Gasteiger partial charge is 0.379 e. The third-order valence-electron chi connectivity index (χ3n) is 4.20. The lowest BCUT2D eigenvalue weighted by Gasteiger charge is -2.40. The van der Waals surface area contributed by atoms with Crippen LogP contribution in [0, 0.1) is 6.20 Å². The summed E-state index contributed by atoms with van der Waals surface area (Å²) in [7, 11) is 0. The van der Waals surface area contributed by atoms with E-state index in [0.717, 1.165) is 38.9 Å². The minimum absolute atomic E-state index is 0.766. The summed E-state index contributed by atoms with van der Waals surface area (Å²) in [5.41, 5.74) is 1.29. The van der Waals surface area contributed by atoms with Crippen molar-refractivity contribution in [2.24, 2.45) is 0 Å². The van der Waals surface area contributed by atoms with Crippen molar-refractivity contribution in [2.75, 3.05) is 39.4 Å². The van der Waals surface area contributed by atoms with Crippen LogP contribution in [0.2, 0.25) is 0 Å². The van der Waals surface area contributed by atoms with Crippen LogP contribution in [0.4, 0.5) is 0 Å². The van der Waals surface area contributed by atoms with Crippen molar-refractivity contribution in [2.45, 2.75) is 25.4 Å². The smallest absolute Gasteiger partial charge is 0.0886 e. The third-order valence-corrected chi connectivity index (χ3v) is 4.20. The molecule has 2 aliphatic heterocycles. The molecule has 2 fully saturated rings. The molecule has 3 rings (SSSR count). The number of nitrogens with zero attached hydrogens (tertiary/aromatic N) is 3. The van der Waals surface area contributed by atoms with Crippen LogP contribution in [0.1, 0.15) is 18.4 Å². The molecular weight excluding hydrogens is 238 g/mol. The summed E-state index contributed by atoms with van der Waals surface area (Å²) in [5, 5.41) is 0. The molecule has 1 aromatic rings. The molecule has 0 saturated carbocycles. The van der Waals surface area contributed by atoms with Gasteiger partial charge in [-0.1, -0.05) is 6.07 Å². The first-order chi connectivity index (χ1) is 9.42. The quantitative estimate of drug-likeness (QED) is 0.816. The number of piperidine rings is 1. The molecule has 2 saturated heterocycles. The zero-order valence-corrected chi connectivity index (χ0v) is 11.4. The Morgan fingerprint density at radius 1 is 1.21 bits per heavy atom. The number of pyridine rings is 1. The van der Waals surface area contributed by atoms with Crippen molar-refractivity contribution in [3.63, 3.8) is 0 Å². The maximum Gasteiger partial charge on any atom is 0.0886 e. The highest BCUT2D eigenvalue weighted by atomic mass is 16.5. The summed E-state index contributed by atoms with van der Waals surface area (Å²) in [6, 6.07) is 4.78. The van der Waals surface area contributed by atoms with Gasteiger partial charge in [-0.2, -0.15) is 0 Å². The van der Waals surface area contributed by atoms with Crippen molar-refractivity contribution < 1.29 is 4.74 Å². The van der Waals surface area contributed by atoms with Crippen LogP contribution in [-0.4, -0.2) is 60.2 Å². The predicted octanol–water partition coefficient (Wildman–Crippen LogP) is 1.18. The third kappa shape index (κ3) is 3.53. The molecule has 3 heterocycles. The fourth-order valence-electron chi connectivity index (χ4n) is 3.09. The van der Waals surface area contributed by atoms with Gasteiger partial charge in [0.2, 0.25) is 0 Å². The second-order valence-corrected chi connectivity index (χ2v) is 5.45. The van der Waals surface area contributed by atoms with Gasteiger partial charge >= 0.3 is 0 Å². The molecule has 0 aliphatic carbocycles. The molecule has 0 unspecified atom stereocenters. The van der Waals surface area contributed by atoms with E-state index in [1.807, 2.05) is 12.3 Å². The Hall–Kier alpha value is -0.970. The van der Waals surface area contributed by atoms with Crippen LogP contribution < -0.4 is 0 Å². The molecule has 0 aromatic carbocycles. The van der Waals surface area contributed by atoms with Crippen LogP contribution in [0.15, 0.2) is 18.3 Å². The summed E-state index contributed by atoms with van der Waals surface area (Å²) in [6.07, 6.45) is 7.33. The molecule has 2 aliphatic rings. The maximum absolute atomic E-state index is 5.43. The lowest BCUT2D eigenvalue weighted by atomic mass is 10.0. The number of hydrogen-bond acceptors (Lipinski definition) is 4. The van der Waals surface area contributed by atoms with Gasteiger partial charge in [0, 0.05) is 31.9 Å². The predicted molar refractivity (Wildman–Crippen MR) is 73.8 cm³/mol. The standard InChI is InChI=1S/C15H22N3O/c1-2-14(12-16-5-1)13-17-6-3-15(4-7-17)18-8-10-19-11-9-18/h1-2,12,15H,3-4,6-11,13H2. The Bertz CT molecular complexity index is 370. The highest BCUT2D eigenvalue weighted by molar-refractivity contribution is 5.07. The zero-order chi connectivity index (χ0) is 12.9. The average Bonchev–Trinajstić information content (AvgIpc) is 2.50. The van der Waals surface area contributed by atoms with Crippen LogP contribution in [0.25, 0.3) is 0 Å². The van der Waals surface area contributed by atoms with Gasteiger partial charge in [-0.3, -0.25) is 14.8 Å². The van der Waals surface area contributed by atoms with Gasteiger partial charge in [0.05, 0.1) is 19.4 Å². The molecule has 4 heteroatoms. The highest BCUT2D eigenvalue weighted by Crippen LogP contribution is 2.19. The Kier molecular flexibility index (Phi) is 4.43. The molecular formula is C15H22N3O. The van der Waals surface area contributed by atoms with Crippen LogP contribution in [-0.2, 0) is 11.3 Å². The minimum atomic E-state index is 0.766. The number of rotatable bonds is 3. The summed E-state index contributed by atoms with van der Waals surface area (Å²) in [5.74, 6) is 0. The van der Waals surface area contributed by atoms with Crippen molar-refractivity contribution in [1.82, 2.24) is 14.8 Å². The maximum atomic E-state index is 5.43. The highest BCUT2D eigenvalue weighted by Gasteiger charge is 2.25. The van der Waals surface area contributed by atoms with E-state index in [2.05, 4.69) is 27.0 Å². The molecule has 19 heavy (non-hydrogen) atoms. The molecule has 0 N–H and O–H groups in total. The molecule has 0 bridgehead atoms. The van der Waals surface area contributed by atoms with Crippen molar-refractivity contribution in [3.05, 3.63) is 30.1 Å². The molecule has 1 radical (unpaired) electrons. The van der Waals surface area contributed by atoms with E-state index in [1.54, 1.807) is 0 Å². The lowest BCUT2D eigenvalue weighted by molar-refractivity contribution is 0.000223. The Balaban J connectivity index is 1.46. The topological polar surface area (TPSA) is 28.6 Å². The molecule has 103 valence electrons. The average molecular weight is 260 g/mol. The lowest BCUT2D eigenvalue weighted by Crippen LogP contribution is -2.48. The van der Waals surface area contributed by atoms with E-state index in [4.69, 9.17) is 4.74 Å². The zero-order valence-electron chi connectivity index (χ0n) is 11.4. The van der Waals surface area contributed by atoms with E-state index in [1.165, 1.54) is 31.5 Å². The summed E-state index contributed by atoms with van der Waals surface area (Å²) in [4.78, 5) is 9.21. The van der Waals surface area contributed by atoms with Gasteiger partial charge in [-0.25, -0.2) is 0 Å². The Labute approximate surface area is 115 Å². The second kappa shape index (κ2) is 6.46. The minimum Gasteiger partial charge on any atom is -0.379 e. The summed E-state index contributed by atoms with van der Waals surface area (Å²) >= 11 is 0. The van der Waals surface area contributed by atoms with Gasteiger partial charge in [-0.15, -0.1) is 0 Å². The Morgan fingerprint density at radius 2 is 2.00 bits per heavy atom. The number of hydrogen-bond donors (Lipinski definition) is 0. The van der Waals surface area contributed by atoms with E-state index in [0.29, 0.717) is 0 Å². The van der Waals surface area contributed by atoms with E-state index in [9.17, 15) is 0 Å². The number of likely N-dealkylation sites (tertiary alicyclic amines) is 1. The monoisotopic (exact) mass is 260 g/mol. The SMILES string of the molecule is [c]1ccc(CN2CCC(N3CCOCC3)CC2)cn1. The molecule has 0 spiro atoms. The van der Waals surface area contributed by atoms with Crippen LogP contribution >= 0.6 is 0 Å². The van der Waals surface area contributed by atoms with Gasteiger partial charge in [-0.05, 0) is 37.6 Å². The number of aromatic nitrogens is 1. The van der Waals surface area contributed by atoms with E-state index in [-0.39, 0.29) is 0 Å². The van der Waals surface area contributed by atoms with Crippen LogP contribution in [0.5, 0.6) is 0 Å². The summed E-state index contributed by atoms with van der Waals surface area (Å²) in [6.45, 7) is 7.46. The Morgan fingerprint density at radius 3 is 2.68 bits per heavy atom. The van der Waals surface area contributed by atoms with Gasteiger partial charge in [0.25, 0.3) is 0 Å². The fraction of sp³-hybridized carbons (Fsp3) is 0.667. The van der Waals surface area contributed by atoms with Gasteiger partial charge < -0.3 is 4.74 Å². The number of ether oxygens (including phenoxy) is 1. The first-order valence-electron chi connectivity index (χ1n) is 7.27. The van der Waals surface area contributed by atoms with Crippen LogP contribution in [0.3, 0.4) is 0 Å². The normalized spacial score (nSPS) is 23.6. The first-order valence-corrected chi connectivity index (χ1v) is 7.27.